The van der Waals surface area contributed by atoms with Crippen molar-refractivity contribution in [1.29, 1.82) is 5.26 Å². The number of pyridine rings is 3. The van der Waals surface area contributed by atoms with E-state index in [1.165, 1.54) is 0 Å². The highest BCUT2D eigenvalue weighted by atomic mass is 14.8. The van der Waals surface area contributed by atoms with Gasteiger partial charge in [-0.25, -0.2) is 4.98 Å². The molecule has 0 unspecified atom stereocenters. The summed E-state index contributed by atoms with van der Waals surface area (Å²) >= 11 is 0. The van der Waals surface area contributed by atoms with Gasteiger partial charge in [-0.3, -0.25) is 9.97 Å². The van der Waals surface area contributed by atoms with E-state index in [1.54, 1.807) is 24.5 Å². The van der Waals surface area contributed by atoms with Gasteiger partial charge in [-0.2, -0.15) is 5.26 Å². The molecule has 0 bridgehead atoms. The molecule has 4 heteroatoms. The maximum absolute atomic E-state index is 9.16. The molecule has 0 spiro atoms. The van der Waals surface area contributed by atoms with Crippen molar-refractivity contribution in [2.24, 2.45) is 0 Å². The minimum absolute atomic E-state index is 0.543. The summed E-state index contributed by atoms with van der Waals surface area (Å²) in [5, 5.41) is 9.16. The summed E-state index contributed by atoms with van der Waals surface area (Å²) < 4.78 is 0. The average Bonchev–Trinajstić information content (AvgIpc) is 2.56. The van der Waals surface area contributed by atoms with E-state index in [4.69, 9.17) is 5.26 Å². The molecule has 0 atom stereocenters. The normalized spacial score (nSPS) is 9.95. The lowest BCUT2D eigenvalue weighted by Crippen LogP contribution is -1.93. The predicted octanol–water partition coefficient (Wildman–Crippen LogP) is 3.08. The molecule has 0 aliphatic heterocycles. The van der Waals surface area contributed by atoms with Crippen LogP contribution in [0.25, 0.3) is 22.8 Å². The SMILES string of the molecule is N#Cc1cc(-c2ccccn2)nc(-c2ccccn2)c1. The molecule has 20 heavy (non-hydrogen) atoms. The molecule has 3 aromatic rings. The Morgan fingerprint density at radius 3 is 1.70 bits per heavy atom. The number of rotatable bonds is 2. The van der Waals surface area contributed by atoms with Crippen LogP contribution >= 0.6 is 0 Å². The van der Waals surface area contributed by atoms with E-state index in [1.807, 2.05) is 36.4 Å². The second kappa shape index (κ2) is 5.29. The summed E-state index contributed by atoms with van der Waals surface area (Å²) in [5.41, 5.74) is 3.36. The standard InChI is InChI=1S/C16H10N4/c17-11-12-9-15(13-5-1-3-7-18-13)20-16(10-12)14-6-2-4-8-19-14/h1-10H. The smallest absolute Gasteiger partial charge is 0.0993 e. The third-order valence-electron chi connectivity index (χ3n) is 2.81. The number of hydrogen-bond acceptors (Lipinski definition) is 4. The first-order valence-corrected chi connectivity index (χ1v) is 6.12. The highest BCUT2D eigenvalue weighted by Gasteiger charge is 2.08. The van der Waals surface area contributed by atoms with Gasteiger partial charge in [0.05, 0.1) is 34.4 Å². The van der Waals surface area contributed by atoms with Crippen molar-refractivity contribution in [3.8, 4) is 28.8 Å². The minimum atomic E-state index is 0.543. The van der Waals surface area contributed by atoms with Crippen LogP contribution in [0, 0.1) is 11.3 Å². The number of nitriles is 1. The summed E-state index contributed by atoms with van der Waals surface area (Å²) in [4.78, 5) is 13.1. The molecular weight excluding hydrogens is 248 g/mol. The monoisotopic (exact) mass is 258 g/mol. The van der Waals surface area contributed by atoms with E-state index >= 15 is 0 Å². The highest BCUT2D eigenvalue weighted by molar-refractivity contribution is 5.64. The van der Waals surface area contributed by atoms with Gasteiger partial charge < -0.3 is 0 Å². The Morgan fingerprint density at radius 1 is 0.750 bits per heavy atom. The molecule has 0 amide bonds. The van der Waals surface area contributed by atoms with Crippen LogP contribution in [0.2, 0.25) is 0 Å². The van der Waals surface area contributed by atoms with Gasteiger partial charge in [0.25, 0.3) is 0 Å². The van der Waals surface area contributed by atoms with Gasteiger partial charge in [-0.1, -0.05) is 12.1 Å². The van der Waals surface area contributed by atoms with Gasteiger partial charge in [-0.05, 0) is 36.4 Å². The van der Waals surface area contributed by atoms with E-state index in [0.29, 0.717) is 17.0 Å². The number of aromatic nitrogens is 3. The highest BCUT2D eigenvalue weighted by Crippen LogP contribution is 2.21. The summed E-state index contributed by atoms with van der Waals surface area (Å²) in [6.45, 7) is 0. The van der Waals surface area contributed by atoms with E-state index in [-0.39, 0.29) is 0 Å². The molecule has 3 aromatic heterocycles. The first-order chi connectivity index (χ1) is 9.86. The topological polar surface area (TPSA) is 62.5 Å². The van der Waals surface area contributed by atoms with Crippen molar-refractivity contribution in [2.75, 3.05) is 0 Å². The maximum atomic E-state index is 9.16. The van der Waals surface area contributed by atoms with Crippen LogP contribution in [0.1, 0.15) is 5.56 Å². The van der Waals surface area contributed by atoms with Gasteiger partial charge in [0.15, 0.2) is 0 Å². The maximum Gasteiger partial charge on any atom is 0.0993 e. The van der Waals surface area contributed by atoms with Crippen LogP contribution in [0.15, 0.2) is 60.9 Å². The van der Waals surface area contributed by atoms with Crippen LogP contribution < -0.4 is 0 Å². The quantitative estimate of drug-likeness (QED) is 0.708. The van der Waals surface area contributed by atoms with Crippen molar-refractivity contribution in [3.63, 3.8) is 0 Å². The Bertz CT molecular complexity index is 704. The molecule has 3 heterocycles. The van der Waals surface area contributed by atoms with Crippen LogP contribution in [-0.2, 0) is 0 Å². The Morgan fingerprint density at radius 2 is 1.30 bits per heavy atom. The summed E-state index contributed by atoms with van der Waals surface area (Å²) in [6, 6.07) is 16.8. The number of nitrogens with zero attached hydrogens (tertiary/aromatic N) is 4. The van der Waals surface area contributed by atoms with E-state index in [0.717, 1.165) is 11.4 Å². The van der Waals surface area contributed by atoms with Crippen molar-refractivity contribution in [3.05, 3.63) is 66.5 Å². The molecule has 0 saturated heterocycles. The molecule has 0 radical (unpaired) electrons. The fourth-order valence-corrected chi connectivity index (χ4v) is 1.89. The van der Waals surface area contributed by atoms with Crippen LogP contribution in [0.5, 0.6) is 0 Å². The number of hydrogen-bond donors (Lipinski definition) is 0. The molecule has 0 aliphatic carbocycles. The van der Waals surface area contributed by atoms with Gasteiger partial charge in [0.1, 0.15) is 0 Å². The summed E-state index contributed by atoms with van der Waals surface area (Å²) in [6.07, 6.45) is 3.41. The van der Waals surface area contributed by atoms with Crippen molar-refractivity contribution in [1.82, 2.24) is 15.0 Å². The molecule has 0 aromatic carbocycles. The molecule has 94 valence electrons. The van der Waals surface area contributed by atoms with Crippen LogP contribution in [0.3, 0.4) is 0 Å². The van der Waals surface area contributed by atoms with Crippen molar-refractivity contribution in [2.45, 2.75) is 0 Å². The molecule has 3 rings (SSSR count). The molecular formula is C16H10N4. The Labute approximate surface area is 116 Å². The fourth-order valence-electron chi connectivity index (χ4n) is 1.89. The fraction of sp³-hybridized carbons (Fsp3) is 0. The molecule has 0 N–H and O–H groups in total. The lowest BCUT2D eigenvalue weighted by Gasteiger charge is -2.05. The summed E-state index contributed by atoms with van der Waals surface area (Å²) in [5.74, 6) is 0. The van der Waals surface area contributed by atoms with Gasteiger partial charge in [-0.15, -0.1) is 0 Å². The lowest BCUT2D eigenvalue weighted by molar-refractivity contribution is 1.21. The van der Waals surface area contributed by atoms with Crippen molar-refractivity contribution >= 4 is 0 Å². The van der Waals surface area contributed by atoms with E-state index in [2.05, 4.69) is 21.0 Å². The predicted molar refractivity (Wildman–Crippen MR) is 75.4 cm³/mol. The van der Waals surface area contributed by atoms with Crippen molar-refractivity contribution < 1.29 is 0 Å². The first-order valence-electron chi connectivity index (χ1n) is 6.12. The van der Waals surface area contributed by atoms with E-state index < -0.39 is 0 Å². The van der Waals surface area contributed by atoms with Crippen LogP contribution in [-0.4, -0.2) is 15.0 Å². The molecule has 0 fully saturated rings. The van der Waals surface area contributed by atoms with Gasteiger partial charge in [0.2, 0.25) is 0 Å². The molecule has 4 nitrogen and oxygen atoms in total. The zero-order valence-electron chi connectivity index (χ0n) is 10.6. The second-order valence-corrected chi connectivity index (χ2v) is 4.17. The second-order valence-electron chi connectivity index (χ2n) is 4.17. The third kappa shape index (κ3) is 2.38. The zero-order valence-corrected chi connectivity index (χ0v) is 10.6. The van der Waals surface area contributed by atoms with Gasteiger partial charge in [0, 0.05) is 12.4 Å². The van der Waals surface area contributed by atoms with E-state index in [9.17, 15) is 0 Å². The summed E-state index contributed by atoms with van der Waals surface area (Å²) in [7, 11) is 0. The Hall–Kier alpha value is -3.06. The van der Waals surface area contributed by atoms with Crippen LogP contribution in [0.4, 0.5) is 0 Å². The Kier molecular flexibility index (Phi) is 3.17. The van der Waals surface area contributed by atoms with Gasteiger partial charge >= 0.3 is 0 Å². The first kappa shape index (κ1) is 12.0. The average molecular weight is 258 g/mol. The zero-order chi connectivity index (χ0) is 13.8. The molecule has 0 aliphatic rings. The largest absolute Gasteiger partial charge is 0.255 e. The Balaban J connectivity index is 2.16. The minimum Gasteiger partial charge on any atom is -0.255 e. The third-order valence-corrected chi connectivity index (χ3v) is 2.81. The molecule has 0 saturated carbocycles. The lowest BCUT2D eigenvalue weighted by atomic mass is 10.1.